The molecule has 0 aromatic heterocycles. The molecule has 0 aliphatic carbocycles. The molecule has 0 unspecified atom stereocenters. The molecule has 1 aromatic rings. The number of nitrogens with zero attached hydrogens (tertiary/aromatic N) is 2. The average molecular weight is 269 g/mol. The first-order chi connectivity index (χ1) is 8.25. The van der Waals surface area contributed by atoms with Gasteiger partial charge in [0.2, 0.25) is 0 Å². The van der Waals surface area contributed by atoms with Gasteiger partial charge in [0, 0.05) is 18.1 Å². The molecule has 0 atom stereocenters. The highest BCUT2D eigenvalue weighted by molar-refractivity contribution is 6.31. The molecular formula is C14H18ClFN2. The second kappa shape index (κ2) is 5.69. The summed E-state index contributed by atoms with van der Waals surface area (Å²) in [6, 6.07) is 5.34. The summed E-state index contributed by atoms with van der Waals surface area (Å²) in [4.78, 5) is 1.97. The fourth-order valence-electron chi connectivity index (χ4n) is 1.87. The van der Waals surface area contributed by atoms with Gasteiger partial charge in [-0.3, -0.25) is 0 Å². The summed E-state index contributed by atoms with van der Waals surface area (Å²) < 4.78 is 13.5. The van der Waals surface area contributed by atoms with Crippen LogP contribution in [-0.4, -0.2) is 18.5 Å². The quantitative estimate of drug-likeness (QED) is 0.831. The van der Waals surface area contributed by atoms with E-state index in [0.717, 1.165) is 5.56 Å². The van der Waals surface area contributed by atoms with Crippen LogP contribution in [0.15, 0.2) is 12.1 Å². The van der Waals surface area contributed by atoms with Crippen molar-refractivity contribution in [3.05, 3.63) is 34.1 Å². The first-order valence-electron chi connectivity index (χ1n) is 5.79. The van der Waals surface area contributed by atoms with Crippen LogP contribution in [0.3, 0.4) is 0 Å². The smallest absolute Gasteiger partial charge is 0.126 e. The Kier molecular flexibility index (Phi) is 4.72. The number of aryl methyl sites for hydroxylation is 1. The van der Waals surface area contributed by atoms with Crippen molar-refractivity contribution in [2.45, 2.75) is 27.3 Å². The molecule has 0 bridgehead atoms. The van der Waals surface area contributed by atoms with Gasteiger partial charge in [-0.05, 0) is 51.1 Å². The first-order valence-corrected chi connectivity index (χ1v) is 6.17. The van der Waals surface area contributed by atoms with E-state index >= 15 is 0 Å². The van der Waals surface area contributed by atoms with E-state index in [2.05, 4.69) is 6.07 Å². The summed E-state index contributed by atoms with van der Waals surface area (Å²) in [5.41, 5.74) is 0.865. The number of hydrogen-bond acceptors (Lipinski definition) is 2. The van der Waals surface area contributed by atoms with Gasteiger partial charge in [0.05, 0.1) is 11.5 Å². The molecule has 0 saturated carbocycles. The Balaban J connectivity index is 2.80. The van der Waals surface area contributed by atoms with Crippen molar-refractivity contribution in [3.8, 4) is 6.07 Å². The summed E-state index contributed by atoms with van der Waals surface area (Å²) in [7, 11) is 1.90. The Bertz CT molecular complexity index is 477. The molecule has 4 heteroatoms. The summed E-state index contributed by atoms with van der Waals surface area (Å²) in [5, 5.41) is 9.55. The molecule has 0 saturated heterocycles. The van der Waals surface area contributed by atoms with E-state index in [1.807, 2.05) is 25.8 Å². The SMILES string of the molecule is Cc1cc(Cl)c(CN(C)CC(C)(C)C#N)cc1F. The van der Waals surface area contributed by atoms with Crippen molar-refractivity contribution in [3.63, 3.8) is 0 Å². The number of benzene rings is 1. The lowest BCUT2D eigenvalue weighted by molar-refractivity contribution is 0.248. The van der Waals surface area contributed by atoms with E-state index < -0.39 is 5.41 Å². The predicted molar refractivity (Wildman–Crippen MR) is 71.9 cm³/mol. The molecule has 18 heavy (non-hydrogen) atoms. The Morgan fingerprint density at radius 2 is 2.06 bits per heavy atom. The fourth-order valence-corrected chi connectivity index (χ4v) is 2.14. The van der Waals surface area contributed by atoms with Crippen molar-refractivity contribution in [2.75, 3.05) is 13.6 Å². The van der Waals surface area contributed by atoms with Crippen LogP contribution in [-0.2, 0) is 6.54 Å². The molecule has 0 aliphatic rings. The van der Waals surface area contributed by atoms with Crippen LogP contribution in [0.4, 0.5) is 4.39 Å². The van der Waals surface area contributed by atoms with Crippen molar-refractivity contribution >= 4 is 11.6 Å². The summed E-state index contributed by atoms with van der Waals surface area (Å²) >= 11 is 6.09. The Labute approximate surface area is 113 Å². The maximum absolute atomic E-state index is 13.5. The standard InChI is InChI=1S/C14H18ClFN2/c1-10-5-12(15)11(6-13(10)16)7-18(4)9-14(2,3)8-17/h5-6H,7,9H2,1-4H3. The molecule has 0 fully saturated rings. The van der Waals surface area contributed by atoms with Crippen molar-refractivity contribution in [1.82, 2.24) is 4.90 Å². The monoisotopic (exact) mass is 268 g/mol. The lowest BCUT2D eigenvalue weighted by Gasteiger charge is -2.24. The predicted octanol–water partition coefficient (Wildman–Crippen LogP) is 3.77. The molecule has 0 spiro atoms. The highest BCUT2D eigenvalue weighted by atomic mass is 35.5. The lowest BCUT2D eigenvalue weighted by Crippen LogP contribution is -2.30. The molecule has 1 aromatic carbocycles. The van der Waals surface area contributed by atoms with Crippen LogP contribution in [0.25, 0.3) is 0 Å². The minimum Gasteiger partial charge on any atom is -0.300 e. The van der Waals surface area contributed by atoms with E-state index in [4.69, 9.17) is 16.9 Å². The number of rotatable bonds is 4. The molecule has 98 valence electrons. The Hall–Kier alpha value is -1.11. The van der Waals surface area contributed by atoms with Gasteiger partial charge in [0.25, 0.3) is 0 Å². The van der Waals surface area contributed by atoms with Crippen LogP contribution < -0.4 is 0 Å². The van der Waals surface area contributed by atoms with Crippen LogP contribution >= 0.6 is 11.6 Å². The summed E-state index contributed by atoms with van der Waals surface area (Å²) in [5.74, 6) is -0.248. The van der Waals surface area contributed by atoms with E-state index in [9.17, 15) is 4.39 Å². The fraction of sp³-hybridized carbons (Fsp3) is 0.500. The maximum Gasteiger partial charge on any atom is 0.126 e. The molecule has 0 heterocycles. The Morgan fingerprint density at radius 1 is 1.44 bits per heavy atom. The highest BCUT2D eigenvalue weighted by Gasteiger charge is 2.19. The van der Waals surface area contributed by atoms with Crippen molar-refractivity contribution in [1.29, 1.82) is 5.26 Å². The molecule has 0 N–H and O–H groups in total. The van der Waals surface area contributed by atoms with Gasteiger partial charge in [0.15, 0.2) is 0 Å². The average Bonchev–Trinajstić information content (AvgIpc) is 2.25. The zero-order chi connectivity index (χ0) is 13.9. The van der Waals surface area contributed by atoms with Crippen molar-refractivity contribution in [2.24, 2.45) is 5.41 Å². The van der Waals surface area contributed by atoms with Gasteiger partial charge in [0.1, 0.15) is 5.82 Å². The third-order valence-corrected chi connectivity index (χ3v) is 3.09. The third kappa shape index (κ3) is 3.97. The third-order valence-electron chi connectivity index (χ3n) is 2.74. The van der Waals surface area contributed by atoms with E-state index in [-0.39, 0.29) is 5.82 Å². The summed E-state index contributed by atoms with van der Waals surface area (Å²) in [6.45, 7) is 6.58. The van der Waals surface area contributed by atoms with Gasteiger partial charge in [-0.1, -0.05) is 11.6 Å². The normalized spacial score (nSPS) is 11.7. The minimum absolute atomic E-state index is 0.248. The molecular weight excluding hydrogens is 251 g/mol. The zero-order valence-corrected chi connectivity index (χ0v) is 12.0. The lowest BCUT2D eigenvalue weighted by atomic mass is 9.95. The maximum atomic E-state index is 13.5. The van der Waals surface area contributed by atoms with E-state index in [1.54, 1.807) is 13.0 Å². The topological polar surface area (TPSA) is 27.0 Å². The summed E-state index contributed by atoms with van der Waals surface area (Å²) in [6.07, 6.45) is 0. The Morgan fingerprint density at radius 3 is 2.61 bits per heavy atom. The zero-order valence-electron chi connectivity index (χ0n) is 11.2. The highest BCUT2D eigenvalue weighted by Crippen LogP contribution is 2.23. The molecule has 0 amide bonds. The molecule has 2 nitrogen and oxygen atoms in total. The van der Waals surface area contributed by atoms with Crippen LogP contribution in [0.5, 0.6) is 0 Å². The van der Waals surface area contributed by atoms with Gasteiger partial charge in [-0.25, -0.2) is 4.39 Å². The van der Waals surface area contributed by atoms with Crippen LogP contribution in [0, 0.1) is 29.5 Å². The minimum atomic E-state index is -0.426. The molecule has 0 aliphatic heterocycles. The van der Waals surface area contributed by atoms with E-state index in [1.165, 1.54) is 6.07 Å². The second-order valence-electron chi connectivity index (χ2n) is 5.36. The number of hydrogen-bond donors (Lipinski definition) is 0. The van der Waals surface area contributed by atoms with Gasteiger partial charge < -0.3 is 4.90 Å². The van der Waals surface area contributed by atoms with Crippen molar-refractivity contribution < 1.29 is 4.39 Å². The number of nitriles is 1. The van der Waals surface area contributed by atoms with Crippen LogP contribution in [0.2, 0.25) is 5.02 Å². The molecule has 1 rings (SSSR count). The van der Waals surface area contributed by atoms with Gasteiger partial charge in [-0.15, -0.1) is 0 Å². The van der Waals surface area contributed by atoms with Gasteiger partial charge in [-0.2, -0.15) is 5.26 Å². The van der Waals surface area contributed by atoms with Crippen LogP contribution in [0.1, 0.15) is 25.0 Å². The largest absolute Gasteiger partial charge is 0.300 e. The second-order valence-corrected chi connectivity index (χ2v) is 5.77. The van der Waals surface area contributed by atoms with E-state index in [0.29, 0.717) is 23.7 Å². The molecule has 0 radical (unpaired) electrons. The number of halogens is 2. The van der Waals surface area contributed by atoms with Gasteiger partial charge >= 0.3 is 0 Å². The first kappa shape index (κ1) is 14.9.